The summed E-state index contributed by atoms with van der Waals surface area (Å²) in [6.07, 6.45) is 3.78. The fraction of sp³-hybridized carbons (Fsp3) is 0.333. The number of hydrogen-bond acceptors (Lipinski definition) is 3. The third kappa shape index (κ3) is 2.01. The highest BCUT2D eigenvalue weighted by molar-refractivity contribution is 6.34. The number of hydrogen-bond donors (Lipinski definition) is 1. The van der Waals surface area contributed by atoms with Crippen LogP contribution in [0.15, 0.2) is 12.1 Å². The first-order valence-electron chi connectivity index (χ1n) is 5.19. The van der Waals surface area contributed by atoms with Crippen LogP contribution in [0.5, 0.6) is 11.5 Å². The summed E-state index contributed by atoms with van der Waals surface area (Å²) in [5, 5.41) is 0.597. The Balaban J connectivity index is 2.49. The van der Waals surface area contributed by atoms with E-state index in [1.807, 2.05) is 25.1 Å². The van der Waals surface area contributed by atoms with Crippen molar-refractivity contribution >= 4 is 17.7 Å². The van der Waals surface area contributed by atoms with E-state index in [0.29, 0.717) is 30.5 Å². The fourth-order valence-corrected chi connectivity index (χ4v) is 2.03. The van der Waals surface area contributed by atoms with E-state index in [2.05, 4.69) is 0 Å². The second-order valence-electron chi connectivity index (χ2n) is 3.58. The van der Waals surface area contributed by atoms with Gasteiger partial charge in [0, 0.05) is 6.54 Å². The van der Waals surface area contributed by atoms with Crippen LogP contribution in [-0.4, -0.2) is 19.8 Å². The molecule has 0 saturated carbocycles. The van der Waals surface area contributed by atoms with Gasteiger partial charge in [0.05, 0.1) is 5.02 Å². The molecule has 1 aliphatic heterocycles. The van der Waals surface area contributed by atoms with Crippen molar-refractivity contribution in [3.05, 3.63) is 28.3 Å². The minimum atomic E-state index is 0.490. The summed E-state index contributed by atoms with van der Waals surface area (Å²) in [6, 6.07) is 1.94. The number of aryl methyl sites for hydroxylation is 1. The van der Waals surface area contributed by atoms with E-state index in [-0.39, 0.29) is 0 Å². The van der Waals surface area contributed by atoms with Crippen molar-refractivity contribution < 1.29 is 9.47 Å². The lowest BCUT2D eigenvalue weighted by atomic mass is 10.1. The van der Waals surface area contributed by atoms with Crippen molar-refractivity contribution in [2.45, 2.75) is 6.92 Å². The van der Waals surface area contributed by atoms with Gasteiger partial charge in [-0.3, -0.25) is 0 Å². The summed E-state index contributed by atoms with van der Waals surface area (Å²) in [4.78, 5) is 0. The first-order valence-corrected chi connectivity index (χ1v) is 5.57. The number of nitrogens with two attached hydrogens (primary N) is 1. The number of ether oxygens (including phenoxy) is 2. The Labute approximate surface area is 99.8 Å². The highest BCUT2D eigenvalue weighted by atomic mass is 35.5. The van der Waals surface area contributed by atoms with Gasteiger partial charge in [-0.05, 0) is 24.1 Å². The topological polar surface area (TPSA) is 44.5 Å². The zero-order valence-electron chi connectivity index (χ0n) is 9.13. The molecule has 16 heavy (non-hydrogen) atoms. The van der Waals surface area contributed by atoms with Crippen LogP contribution in [-0.2, 0) is 0 Å². The summed E-state index contributed by atoms with van der Waals surface area (Å²) in [5.41, 5.74) is 7.42. The van der Waals surface area contributed by atoms with Crippen LogP contribution in [0, 0.1) is 6.92 Å². The standard InChI is InChI=1S/C12H14ClNO2/c1-8-7-10-12(16-6-5-15-10)11(13)9(8)3-2-4-14/h2-3,7H,4-6,14H2,1H3/b3-2+. The molecule has 0 bridgehead atoms. The Hall–Kier alpha value is -1.19. The number of halogens is 1. The van der Waals surface area contributed by atoms with E-state index in [1.165, 1.54) is 0 Å². The van der Waals surface area contributed by atoms with E-state index in [9.17, 15) is 0 Å². The van der Waals surface area contributed by atoms with Crippen molar-refractivity contribution in [2.75, 3.05) is 19.8 Å². The molecule has 0 saturated heterocycles. The van der Waals surface area contributed by atoms with Gasteiger partial charge < -0.3 is 15.2 Å². The van der Waals surface area contributed by atoms with Crippen LogP contribution in [0.3, 0.4) is 0 Å². The molecule has 3 nitrogen and oxygen atoms in total. The van der Waals surface area contributed by atoms with Gasteiger partial charge in [0.25, 0.3) is 0 Å². The molecule has 0 amide bonds. The van der Waals surface area contributed by atoms with E-state index in [4.69, 9.17) is 26.8 Å². The number of rotatable bonds is 2. The maximum absolute atomic E-state index is 6.27. The summed E-state index contributed by atoms with van der Waals surface area (Å²) >= 11 is 6.27. The summed E-state index contributed by atoms with van der Waals surface area (Å²) in [6.45, 7) is 3.58. The maximum atomic E-state index is 6.27. The van der Waals surface area contributed by atoms with Crippen molar-refractivity contribution in [3.63, 3.8) is 0 Å². The highest BCUT2D eigenvalue weighted by Crippen LogP contribution is 2.41. The molecule has 1 aromatic carbocycles. The Morgan fingerprint density at radius 3 is 2.94 bits per heavy atom. The van der Waals surface area contributed by atoms with Crippen LogP contribution in [0.1, 0.15) is 11.1 Å². The van der Waals surface area contributed by atoms with E-state index >= 15 is 0 Å². The highest BCUT2D eigenvalue weighted by Gasteiger charge is 2.18. The van der Waals surface area contributed by atoms with Crippen LogP contribution in [0.2, 0.25) is 5.02 Å². The molecule has 1 aliphatic rings. The zero-order valence-corrected chi connectivity index (χ0v) is 9.88. The Bertz CT molecular complexity index is 430. The monoisotopic (exact) mass is 239 g/mol. The molecule has 0 spiro atoms. The smallest absolute Gasteiger partial charge is 0.180 e. The normalized spacial score (nSPS) is 14.4. The molecule has 0 fully saturated rings. The first-order chi connectivity index (χ1) is 7.74. The molecule has 2 rings (SSSR count). The molecule has 0 unspecified atom stereocenters. The molecular formula is C12H14ClNO2. The first kappa shape index (κ1) is 11.3. The van der Waals surface area contributed by atoms with Gasteiger partial charge in [-0.2, -0.15) is 0 Å². The minimum Gasteiger partial charge on any atom is -0.486 e. The van der Waals surface area contributed by atoms with E-state index < -0.39 is 0 Å². The van der Waals surface area contributed by atoms with Crippen molar-refractivity contribution in [3.8, 4) is 11.5 Å². The Morgan fingerprint density at radius 2 is 2.19 bits per heavy atom. The van der Waals surface area contributed by atoms with Crippen molar-refractivity contribution in [1.82, 2.24) is 0 Å². The molecule has 4 heteroatoms. The minimum absolute atomic E-state index is 0.490. The number of fused-ring (bicyclic) bond motifs is 1. The van der Waals surface area contributed by atoms with E-state index in [0.717, 1.165) is 16.9 Å². The lowest BCUT2D eigenvalue weighted by Crippen LogP contribution is -2.16. The van der Waals surface area contributed by atoms with Crippen molar-refractivity contribution in [1.29, 1.82) is 0 Å². The van der Waals surface area contributed by atoms with Gasteiger partial charge in [-0.25, -0.2) is 0 Å². The van der Waals surface area contributed by atoms with E-state index in [1.54, 1.807) is 0 Å². The van der Waals surface area contributed by atoms with Crippen LogP contribution >= 0.6 is 11.6 Å². The molecular weight excluding hydrogens is 226 g/mol. The predicted molar refractivity (Wildman–Crippen MR) is 65.3 cm³/mol. The molecule has 2 N–H and O–H groups in total. The molecule has 86 valence electrons. The third-order valence-corrected chi connectivity index (χ3v) is 2.82. The lowest BCUT2D eigenvalue weighted by molar-refractivity contribution is 0.171. The largest absolute Gasteiger partial charge is 0.486 e. The summed E-state index contributed by atoms with van der Waals surface area (Å²) in [7, 11) is 0. The molecule has 0 aromatic heterocycles. The SMILES string of the molecule is Cc1cc2c(c(Cl)c1/C=C/CN)OCCO2. The molecule has 0 aliphatic carbocycles. The quantitative estimate of drug-likeness (QED) is 0.862. The predicted octanol–water partition coefficient (Wildman–Crippen LogP) is 2.39. The summed E-state index contributed by atoms with van der Waals surface area (Å²) < 4.78 is 11.0. The molecule has 0 radical (unpaired) electrons. The average molecular weight is 240 g/mol. The summed E-state index contributed by atoms with van der Waals surface area (Å²) in [5.74, 6) is 1.36. The van der Waals surface area contributed by atoms with Crippen molar-refractivity contribution in [2.24, 2.45) is 5.73 Å². The van der Waals surface area contributed by atoms with Gasteiger partial charge in [0.1, 0.15) is 13.2 Å². The average Bonchev–Trinajstić information content (AvgIpc) is 2.29. The number of benzene rings is 1. The molecule has 1 heterocycles. The Kier molecular flexibility index (Phi) is 3.36. The second kappa shape index (κ2) is 4.76. The van der Waals surface area contributed by atoms with Gasteiger partial charge in [-0.1, -0.05) is 23.8 Å². The van der Waals surface area contributed by atoms with Crippen LogP contribution < -0.4 is 15.2 Å². The lowest BCUT2D eigenvalue weighted by Gasteiger charge is -2.21. The maximum Gasteiger partial charge on any atom is 0.180 e. The zero-order chi connectivity index (χ0) is 11.5. The van der Waals surface area contributed by atoms with Gasteiger partial charge >= 0.3 is 0 Å². The molecule has 1 aromatic rings. The Morgan fingerprint density at radius 1 is 1.44 bits per heavy atom. The van der Waals surface area contributed by atoms with Gasteiger partial charge in [0.2, 0.25) is 0 Å². The van der Waals surface area contributed by atoms with Gasteiger partial charge in [-0.15, -0.1) is 0 Å². The van der Waals surface area contributed by atoms with Crippen LogP contribution in [0.4, 0.5) is 0 Å². The third-order valence-electron chi connectivity index (χ3n) is 2.44. The molecule has 0 atom stereocenters. The van der Waals surface area contributed by atoms with Gasteiger partial charge in [0.15, 0.2) is 11.5 Å². The fourth-order valence-electron chi connectivity index (χ4n) is 1.67. The second-order valence-corrected chi connectivity index (χ2v) is 3.96. The van der Waals surface area contributed by atoms with Crippen LogP contribution in [0.25, 0.3) is 6.08 Å².